The summed E-state index contributed by atoms with van der Waals surface area (Å²) in [7, 11) is 2.10. The number of morpholine rings is 1. The lowest BCUT2D eigenvalue weighted by Crippen LogP contribution is -2.37. The first-order chi connectivity index (χ1) is 14.2. The minimum atomic E-state index is 0.638. The molecule has 0 amide bonds. The van der Waals surface area contributed by atoms with Gasteiger partial charge in [-0.3, -0.25) is 4.98 Å². The molecule has 1 aliphatic heterocycles. The Bertz CT molecular complexity index is 926. The van der Waals surface area contributed by atoms with Crippen LogP contribution >= 0.6 is 11.3 Å². The van der Waals surface area contributed by atoms with E-state index in [0.717, 1.165) is 60.9 Å². The van der Waals surface area contributed by atoms with Gasteiger partial charge < -0.3 is 19.9 Å². The highest BCUT2D eigenvalue weighted by Crippen LogP contribution is 2.24. The molecule has 0 aromatic carbocycles. The highest BCUT2D eigenvalue weighted by Gasteiger charge is 2.16. The lowest BCUT2D eigenvalue weighted by Gasteiger charge is -2.29. The number of pyridine rings is 2. The molecular weight excluding hydrogens is 384 g/mol. The van der Waals surface area contributed by atoms with Gasteiger partial charge in [0.15, 0.2) is 5.13 Å². The van der Waals surface area contributed by atoms with Gasteiger partial charge in [0.05, 0.1) is 31.1 Å². The molecule has 1 aliphatic rings. The summed E-state index contributed by atoms with van der Waals surface area (Å²) in [5, 5.41) is 6.37. The van der Waals surface area contributed by atoms with Gasteiger partial charge in [0, 0.05) is 56.2 Å². The van der Waals surface area contributed by atoms with Gasteiger partial charge in [-0.2, -0.15) is 0 Å². The number of ether oxygens (including phenoxy) is 1. The van der Waals surface area contributed by atoms with Crippen LogP contribution in [0.1, 0.15) is 17.0 Å². The first-order valence-electron chi connectivity index (χ1n) is 9.77. The molecule has 1 saturated heterocycles. The van der Waals surface area contributed by atoms with Crippen LogP contribution in [0.4, 0.5) is 16.6 Å². The topological polar surface area (TPSA) is 66.4 Å². The molecule has 0 spiro atoms. The average molecular weight is 411 g/mol. The number of hydrogen-bond acceptors (Lipinski definition) is 8. The van der Waals surface area contributed by atoms with Crippen LogP contribution in [-0.2, 0) is 17.8 Å². The molecular formula is C21H26N6OS. The van der Waals surface area contributed by atoms with Crippen LogP contribution in [0.2, 0.25) is 0 Å². The Labute approximate surface area is 175 Å². The van der Waals surface area contributed by atoms with Crippen molar-refractivity contribution in [2.45, 2.75) is 20.0 Å². The maximum absolute atomic E-state index is 5.51. The van der Waals surface area contributed by atoms with Crippen molar-refractivity contribution in [3.8, 4) is 0 Å². The van der Waals surface area contributed by atoms with Crippen molar-refractivity contribution in [1.29, 1.82) is 0 Å². The SMILES string of the molecule is Cc1csc(NCc2cc(N(C)Cc3cccnc3)cc(N3CCOCC3)n2)n1. The lowest BCUT2D eigenvalue weighted by molar-refractivity contribution is 0.122. The Balaban J connectivity index is 1.56. The number of aromatic nitrogens is 3. The highest BCUT2D eigenvalue weighted by atomic mass is 32.1. The monoisotopic (exact) mass is 410 g/mol. The third-order valence-electron chi connectivity index (χ3n) is 4.81. The first kappa shape index (κ1) is 19.6. The van der Waals surface area contributed by atoms with Crippen molar-refractivity contribution in [3.05, 3.63) is 59.0 Å². The number of nitrogens with zero attached hydrogens (tertiary/aromatic N) is 5. The Kier molecular flexibility index (Phi) is 6.21. The van der Waals surface area contributed by atoms with E-state index in [1.54, 1.807) is 17.5 Å². The van der Waals surface area contributed by atoms with Gasteiger partial charge in [-0.25, -0.2) is 9.97 Å². The molecule has 4 rings (SSSR count). The Morgan fingerprint density at radius 1 is 1.24 bits per heavy atom. The van der Waals surface area contributed by atoms with E-state index in [9.17, 15) is 0 Å². The summed E-state index contributed by atoms with van der Waals surface area (Å²) in [6.45, 7) is 6.64. The standard InChI is InChI=1S/C21H26N6OS/c1-16-15-29-21(24-16)23-13-18-10-19(26(2)14-17-4-3-5-22-12-17)11-20(25-18)27-6-8-28-9-7-27/h3-5,10-12,15H,6-9,13-14H2,1-2H3,(H,23,24). The zero-order chi connectivity index (χ0) is 20.1. The van der Waals surface area contributed by atoms with Crippen LogP contribution in [0.3, 0.4) is 0 Å². The van der Waals surface area contributed by atoms with Crippen LogP contribution < -0.4 is 15.1 Å². The number of thiazole rings is 1. The van der Waals surface area contributed by atoms with Crippen LogP contribution in [0, 0.1) is 6.92 Å². The van der Waals surface area contributed by atoms with E-state index < -0.39 is 0 Å². The Hall–Kier alpha value is -2.71. The molecule has 7 nitrogen and oxygen atoms in total. The average Bonchev–Trinajstić information content (AvgIpc) is 3.18. The molecule has 0 saturated carbocycles. The summed E-state index contributed by atoms with van der Waals surface area (Å²) in [5.74, 6) is 0.996. The fourth-order valence-corrected chi connectivity index (χ4v) is 3.97. The summed E-state index contributed by atoms with van der Waals surface area (Å²) in [6, 6.07) is 8.38. The molecule has 0 radical (unpaired) electrons. The summed E-state index contributed by atoms with van der Waals surface area (Å²) < 4.78 is 5.51. The van der Waals surface area contributed by atoms with Crippen molar-refractivity contribution in [2.75, 3.05) is 48.5 Å². The first-order valence-corrected chi connectivity index (χ1v) is 10.6. The van der Waals surface area contributed by atoms with E-state index in [1.807, 2.05) is 24.6 Å². The number of hydrogen-bond donors (Lipinski definition) is 1. The zero-order valence-corrected chi connectivity index (χ0v) is 17.7. The predicted octanol–water partition coefficient (Wildman–Crippen LogP) is 3.33. The largest absolute Gasteiger partial charge is 0.378 e. The number of anilines is 3. The predicted molar refractivity (Wildman–Crippen MR) is 118 cm³/mol. The van der Waals surface area contributed by atoms with Crippen molar-refractivity contribution in [1.82, 2.24) is 15.0 Å². The molecule has 4 heterocycles. The van der Waals surface area contributed by atoms with E-state index in [2.05, 4.69) is 50.3 Å². The van der Waals surface area contributed by atoms with Gasteiger partial charge in [-0.15, -0.1) is 11.3 Å². The maximum Gasteiger partial charge on any atom is 0.183 e. The molecule has 0 bridgehead atoms. The number of nitrogens with one attached hydrogen (secondary N) is 1. The number of rotatable bonds is 7. The summed E-state index contributed by atoms with van der Waals surface area (Å²) in [5.41, 5.74) is 4.34. The summed E-state index contributed by atoms with van der Waals surface area (Å²) in [6.07, 6.45) is 3.71. The van der Waals surface area contributed by atoms with E-state index in [-0.39, 0.29) is 0 Å². The van der Waals surface area contributed by atoms with Gasteiger partial charge >= 0.3 is 0 Å². The maximum atomic E-state index is 5.51. The van der Waals surface area contributed by atoms with Crippen molar-refractivity contribution in [2.24, 2.45) is 0 Å². The Morgan fingerprint density at radius 2 is 2.10 bits per heavy atom. The van der Waals surface area contributed by atoms with Gasteiger partial charge in [-0.1, -0.05) is 6.07 Å². The van der Waals surface area contributed by atoms with Crippen molar-refractivity contribution in [3.63, 3.8) is 0 Å². The van der Waals surface area contributed by atoms with Crippen LogP contribution in [0.5, 0.6) is 0 Å². The second-order valence-electron chi connectivity index (χ2n) is 7.14. The number of aryl methyl sites for hydroxylation is 1. The normalized spacial score (nSPS) is 14.1. The summed E-state index contributed by atoms with van der Waals surface area (Å²) in [4.78, 5) is 18.2. The molecule has 3 aromatic rings. The smallest absolute Gasteiger partial charge is 0.183 e. The molecule has 152 valence electrons. The molecule has 0 unspecified atom stereocenters. The molecule has 0 aliphatic carbocycles. The summed E-state index contributed by atoms with van der Waals surface area (Å²) >= 11 is 1.62. The second-order valence-corrected chi connectivity index (χ2v) is 8.00. The van der Waals surface area contributed by atoms with Gasteiger partial charge in [0.1, 0.15) is 5.82 Å². The van der Waals surface area contributed by atoms with Crippen LogP contribution in [0.25, 0.3) is 0 Å². The van der Waals surface area contributed by atoms with E-state index >= 15 is 0 Å². The molecule has 29 heavy (non-hydrogen) atoms. The third-order valence-corrected chi connectivity index (χ3v) is 5.73. The Morgan fingerprint density at radius 3 is 2.83 bits per heavy atom. The molecule has 3 aromatic heterocycles. The van der Waals surface area contributed by atoms with Crippen LogP contribution in [0.15, 0.2) is 42.0 Å². The molecule has 0 atom stereocenters. The van der Waals surface area contributed by atoms with E-state index in [1.165, 1.54) is 5.56 Å². The molecule has 1 fully saturated rings. The minimum absolute atomic E-state index is 0.638. The zero-order valence-electron chi connectivity index (χ0n) is 16.8. The van der Waals surface area contributed by atoms with Crippen molar-refractivity contribution >= 4 is 28.0 Å². The van der Waals surface area contributed by atoms with Crippen molar-refractivity contribution < 1.29 is 4.74 Å². The van der Waals surface area contributed by atoms with Gasteiger partial charge in [0.2, 0.25) is 0 Å². The van der Waals surface area contributed by atoms with Crippen LogP contribution in [-0.4, -0.2) is 48.3 Å². The van der Waals surface area contributed by atoms with Gasteiger partial charge in [0.25, 0.3) is 0 Å². The fourth-order valence-electron chi connectivity index (χ4n) is 3.28. The fraction of sp³-hybridized carbons (Fsp3) is 0.381. The van der Waals surface area contributed by atoms with Gasteiger partial charge in [-0.05, 0) is 24.6 Å². The molecule has 8 heteroatoms. The third kappa shape index (κ3) is 5.21. The quantitative estimate of drug-likeness (QED) is 0.641. The van der Waals surface area contributed by atoms with E-state index in [4.69, 9.17) is 9.72 Å². The lowest BCUT2D eigenvalue weighted by atomic mass is 10.2. The second kappa shape index (κ2) is 9.19. The minimum Gasteiger partial charge on any atom is -0.378 e. The van der Waals surface area contributed by atoms with E-state index in [0.29, 0.717) is 6.54 Å². The highest BCUT2D eigenvalue weighted by molar-refractivity contribution is 7.13. The molecule has 1 N–H and O–H groups in total.